The highest BCUT2D eigenvalue weighted by Crippen LogP contribution is 2.34. The summed E-state index contributed by atoms with van der Waals surface area (Å²) >= 11 is 5.81. The molecular formula is C17H19ClFN3O. The zero-order valence-corrected chi connectivity index (χ0v) is 14.0. The molecule has 1 aliphatic carbocycles. The van der Waals surface area contributed by atoms with Gasteiger partial charge in [0.05, 0.1) is 17.3 Å². The number of aromatic nitrogens is 2. The average Bonchev–Trinajstić information content (AvgIpc) is 2.89. The highest BCUT2D eigenvalue weighted by molar-refractivity contribution is 6.30. The summed E-state index contributed by atoms with van der Waals surface area (Å²) in [6.45, 7) is 2.25. The van der Waals surface area contributed by atoms with Crippen molar-refractivity contribution >= 4 is 23.2 Å². The lowest BCUT2D eigenvalue weighted by Crippen LogP contribution is -2.36. The number of likely N-dealkylation sites (N-methyl/N-ethyl adjacent to an activating group) is 1. The van der Waals surface area contributed by atoms with Gasteiger partial charge in [-0.05, 0) is 44.4 Å². The summed E-state index contributed by atoms with van der Waals surface area (Å²) < 4.78 is 16.0. The summed E-state index contributed by atoms with van der Waals surface area (Å²) in [6, 6.07) is 4.40. The fourth-order valence-electron chi connectivity index (χ4n) is 3.26. The Morgan fingerprint density at radius 2 is 2.30 bits per heavy atom. The Morgan fingerprint density at radius 3 is 3.00 bits per heavy atom. The summed E-state index contributed by atoms with van der Waals surface area (Å²) in [4.78, 5) is 14.5. The van der Waals surface area contributed by atoms with E-state index in [-0.39, 0.29) is 17.5 Å². The van der Waals surface area contributed by atoms with Gasteiger partial charge in [-0.2, -0.15) is 5.10 Å². The van der Waals surface area contributed by atoms with E-state index in [1.165, 1.54) is 11.0 Å². The first-order chi connectivity index (χ1) is 11.0. The number of rotatable bonds is 3. The van der Waals surface area contributed by atoms with E-state index in [0.717, 1.165) is 30.5 Å². The van der Waals surface area contributed by atoms with Crippen LogP contribution in [0, 0.1) is 5.82 Å². The van der Waals surface area contributed by atoms with Gasteiger partial charge in [-0.25, -0.2) is 4.39 Å². The molecule has 0 saturated heterocycles. The van der Waals surface area contributed by atoms with Crippen LogP contribution in [0.3, 0.4) is 0 Å². The third-order valence-electron chi connectivity index (χ3n) is 4.30. The predicted molar refractivity (Wildman–Crippen MR) is 88.3 cm³/mol. The Morgan fingerprint density at radius 1 is 1.52 bits per heavy atom. The molecule has 0 aliphatic heterocycles. The second-order valence-electron chi connectivity index (χ2n) is 5.83. The van der Waals surface area contributed by atoms with Crippen LogP contribution in [-0.4, -0.2) is 22.2 Å². The monoisotopic (exact) mass is 335 g/mol. The maximum Gasteiger partial charge on any atom is 0.234 e. The summed E-state index contributed by atoms with van der Waals surface area (Å²) in [5, 5.41) is 4.75. The van der Waals surface area contributed by atoms with Crippen LogP contribution < -0.4 is 4.90 Å². The Labute approximate surface area is 139 Å². The van der Waals surface area contributed by atoms with Gasteiger partial charge in [0.15, 0.2) is 0 Å². The van der Waals surface area contributed by atoms with Crippen LogP contribution in [0.4, 0.5) is 10.1 Å². The number of carbonyl (C=O) groups is 1. The largest absolute Gasteiger partial charge is 0.309 e. The van der Waals surface area contributed by atoms with Crippen LogP contribution in [-0.2, 0) is 18.3 Å². The Kier molecular flexibility index (Phi) is 4.39. The van der Waals surface area contributed by atoms with Crippen molar-refractivity contribution in [2.45, 2.75) is 32.1 Å². The van der Waals surface area contributed by atoms with Gasteiger partial charge in [-0.15, -0.1) is 0 Å². The molecule has 1 amide bonds. The number of hydrogen-bond donors (Lipinski definition) is 0. The Balaban J connectivity index is 1.95. The minimum Gasteiger partial charge on any atom is -0.309 e. The smallest absolute Gasteiger partial charge is 0.234 e. The third-order valence-corrected chi connectivity index (χ3v) is 4.54. The first kappa shape index (κ1) is 16.0. The zero-order valence-electron chi connectivity index (χ0n) is 13.2. The van der Waals surface area contributed by atoms with Crippen molar-refractivity contribution in [2.75, 3.05) is 11.4 Å². The lowest BCUT2D eigenvalue weighted by Gasteiger charge is -2.28. The molecule has 23 heavy (non-hydrogen) atoms. The van der Waals surface area contributed by atoms with Crippen LogP contribution in [0.1, 0.15) is 36.9 Å². The number of fused-ring (bicyclic) bond motifs is 1. The Bertz CT molecular complexity index is 743. The van der Waals surface area contributed by atoms with Gasteiger partial charge < -0.3 is 4.90 Å². The maximum absolute atomic E-state index is 14.2. The van der Waals surface area contributed by atoms with E-state index in [1.807, 2.05) is 20.2 Å². The molecule has 0 spiro atoms. The predicted octanol–water partition coefficient (Wildman–Crippen LogP) is 3.69. The fourth-order valence-corrected chi connectivity index (χ4v) is 3.42. The highest BCUT2D eigenvalue weighted by Gasteiger charge is 2.32. The number of nitrogens with zero attached hydrogens (tertiary/aromatic N) is 3. The van der Waals surface area contributed by atoms with Gasteiger partial charge >= 0.3 is 0 Å². The number of amides is 1. The molecule has 1 aliphatic rings. The SMILES string of the molecule is CCN(C(=O)[C@@H]1CCCc2nn(C)cc21)c1ccc(Cl)cc1F. The molecular weight excluding hydrogens is 317 g/mol. The zero-order chi connectivity index (χ0) is 16.6. The molecule has 0 fully saturated rings. The summed E-state index contributed by atoms with van der Waals surface area (Å²) in [5.41, 5.74) is 2.22. The van der Waals surface area contributed by atoms with Crippen molar-refractivity contribution in [1.29, 1.82) is 0 Å². The maximum atomic E-state index is 14.2. The van der Waals surface area contributed by atoms with Crippen LogP contribution in [0.5, 0.6) is 0 Å². The first-order valence-corrected chi connectivity index (χ1v) is 8.18. The van der Waals surface area contributed by atoms with Crippen molar-refractivity contribution in [3.05, 3.63) is 46.5 Å². The van der Waals surface area contributed by atoms with E-state index in [9.17, 15) is 9.18 Å². The lowest BCUT2D eigenvalue weighted by molar-refractivity contribution is -0.120. The van der Waals surface area contributed by atoms with Gasteiger partial charge in [0.1, 0.15) is 5.82 Å². The molecule has 4 nitrogen and oxygen atoms in total. The summed E-state index contributed by atoms with van der Waals surface area (Å²) in [5.74, 6) is -0.819. The van der Waals surface area contributed by atoms with Gasteiger partial charge in [0.25, 0.3) is 0 Å². The van der Waals surface area contributed by atoms with E-state index < -0.39 is 5.82 Å². The minimum atomic E-state index is -0.477. The van der Waals surface area contributed by atoms with Gasteiger partial charge in [-0.3, -0.25) is 9.48 Å². The molecule has 6 heteroatoms. The standard InChI is InChI=1S/C17H19ClFN3O/c1-3-22(16-8-7-11(18)9-14(16)19)17(23)12-5-4-6-15-13(12)10-21(2)20-15/h7-10,12H,3-6H2,1-2H3/t12-/m1/s1. The van der Waals surface area contributed by atoms with Crippen molar-refractivity contribution < 1.29 is 9.18 Å². The number of anilines is 1. The lowest BCUT2D eigenvalue weighted by atomic mass is 9.86. The molecule has 122 valence electrons. The number of halogens is 2. The summed E-state index contributed by atoms with van der Waals surface area (Å²) in [6.07, 6.45) is 4.48. The molecule has 1 atom stereocenters. The second kappa shape index (κ2) is 6.32. The first-order valence-electron chi connectivity index (χ1n) is 7.80. The number of hydrogen-bond acceptors (Lipinski definition) is 2. The van der Waals surface area contributed by atoms with Crippen LogP contribution in [0.15, 0.2) is 24.4 Å². The molecule has 1 aromatic heterocycles. The van der Waals surface area contributed by atoms with Gasteiger partial charge in [0.2, 0.25) is 5.91 Å². The molecule has 3 rings (SSSR count). The normalized spacial score (nSPS) is 17.0. The topological polar surface area (TPSA) is 38.1 Å². The van der Waals surface area contributed by atoms with Crippen LogP contribution in [0.2, 0.25) is 5.02 Å². The van der Waals surface area contributed by atoms with E-state index in [4.69, 9.17) is 11.6 Å². The van der Waals surface area contributed by atoms with E-state index in [1.54, 1.807) is 16.8 Å². The number of carbonyl (C=O) groups excluding carboxylic acids is 1. The molecule has 1 aromatic carbocycles. The highest BCUT2D eigenvalue weighted by atomic mass is 35.5. The molecule has 0 radical (unpaired) electrons. The second-order valence-corrected chi connectivity index (χ2v) is 6.26. The molecule has 0 saturated carbocycles. The molecule has 0 bridgehead atoms. The van der Waals surface area contributed by atoms with Crippen molar-refractivity contribution in [2.24, 2.45) is 7.05 Å². The minimum absolute atomic E-state index is 0.0809. The van der Waals surface area contributed by atoms with Crippen molar-refractivity contribution in [1.82, 2.24) is 9.78 Å². The van der Waals surface area contributed by atoms with Crippen molar-refractivity contribution in [3.8, 4) is 0 Å². The summed E-state index contributed by atoms with van der Waals surface area (Å²) in [7, 11) is 1.86. The van der Waals surface area contributed by atoms with E-state index >= 15 is 0 Å². The van der Waals surface area contributed by atoms with Crippen LogP contribution >= 0.6 is 11.6 Å². The molecule has 0 N–H and O–H groups in total. The van der Waals surface area contributed by atoms with E-state index in [0.29, 0.717) is 11.6 Å². The fraction of sp³-hybridized carbons (Fsp3) is 0.412. The van der Waals surface area contributed by atoms with E-state index in [2.05, 4.69) is 5.10 Å². The number of benzene rings is 1. The third kappa shape index (κ3) is 2.98. The van der Waals surface area contributed by atoms with Crippen molar-refractivity contribution in [3.63, 3.8) is 0 Å². The number of aryl methyl sites for hydroxylation is 2. The molecule has 1 heterocycles. The average molecular weight is 336 g/mol. The quantitative estimate of drug-likeness (QED) is 0.858. The molecule has 0 unspecified atom stereocenters. The van der Waals surface area contributed by atoms with Gasteiger partial charge in [-0.1, -0.05) is 11.6 Å². The Hall–Kier alpha value is -1.88. The van der Waals surface area contributed by atoms with Crippen LogP contribution in [0.25, 0.3) is 0 Å². The molecule has 2 aromatic rings. The van der Waals surface area contributed by atoms with Gasteiger partial charge in [0, 0.05) is 30.4 Å².